The van der Waals surface area contributed by atoms with Gasteiger partial charge in [0.25, 0.3) is 5.56 Å². The number of aromatic nitrogens is 2. The molecule has 7 heteroatoms. The van der Waals surface area contributed by atoms with Gasteiger partial charge >= 0.3 is 6.18 Å². The normalized spacial score (nSPS) is 14.3. The van der Waals surface area contributed by atoms with Crippen LogP contribution in [0.2, 0.25) is 0 Å². The van der Waals surface area contributed by atoms with Crippen molar-refractivity contribution in [3.05, 3.63) is 75.8 Å². The van der Waals surface area contributed by atoms with Crippen LogP contribution in [0.4, 0.5) is 13.2 Å². The molecule has 0 spiro atoms. The smallest absolute Gasteiger partial charge is 0.325 e. The molecule has 136 valence electrons. The lowest BCUT2D eigenvalue weighted by Gasteiger charge is -2.21. The number of benzene rings is 2. The quantitative estimate of drug-likeness (QED) is 0.750. The van der Waals surface area contributed by atoms with Crippen LogP contribution < -0.4 is 10.5 Å². The predicted octanol–water partition coefficient (Wildman–Crippen LogP) is 2.72. The van der Waals surface area contributed by atoms with Gasteiger partial charge in [0, 0.05) is 5.56 Å². The van der Waals surface area contributed by atoms with Crippen LogP contribution in [0.25, 0.3) is 10.9 Å². The summed E-state index contributed by atoms with van der Waals surface area (Å²) in [5.41, 5.74) is 0.554. The van der Waals surface area contributed by atoms with Crippen LogP contribution in [0.1, 0.15) is 29.9 Å². The minimum absolute atomic E-state index is 0.130. The molecular formula is C19H19F3N3O+. The first kappa shape index (κ1) is 18.1. The lowest BCUT2D eigenvalue weighted by molar-refractivity contribution is -0.924. The lowest BCUT2D eigenvalue weighted by atomic mass is 10.1. The monoisotopic (exact) mass is 362 g/mol. The molecule has 0 aliphatic carbocycles. The van der Waals surface area contributed by atoms with Crippen LogP contribution in [-0.4, -0.2) is 17.0 Å². The van der Waals surface area contributed by atoms with Gasteiger partial charge in [0.2, 0.25) is 0 Å². The molecule has 0 radical (unpaired) electrons. The zero-order chi connectivity index (χ0) is 18.9. The van der Waals surface area contributed by atoms with Crippen molar-refractivity contribution in [1.29, 1.82) is 0 Å². The third-order valence-electron chi connectivity index (χ3n) is 4.54. The maximum Gasteiger partial charge on any atom is 0.416 e. The molecule has 0 fully saturated rings. The van der Waals surface area contributed by atoms with Crippen LogP contribution in [0.5, 0.6) is 0 Å². The van der Waals surface area contributed by atoms with E-state index >= 15 is 0 Å². The molecular weight excluding hydrogens is 343 g/mol. The van der Waals surface area contributed by atoms with Gasteiger partial charge in [-0.15, -0.1) is 0 Å². The maximum absolute atomic E-state index is 12.6. The summed E-state index contributed by atoms with van der Waals surface area (Å²) in [5, 5.41) is 0.531. The molecule has 3 aromatic rings. The van der Waals surface area contributed by atoms with E-state index in [1.807, 2.05) is 20.0 Å². The third kappa shape index (κ3) is 3.77. The Kier molecular flexibility index (Phi) is 4.82. The number of halogens is 3. The van der Waals surface area contributed by atoms with Crippen molar-refractivity contribution in [3.63, 3.8) is 0 Å². The first-order valence-electron chi connectivity index (χ1n) is 8.23. The minimum Gasteiger partial charge on any atom is -0.325 e. The summed E-state index contributed by atoms with van der Waals surface area (Å²) in [6, 6.07) is 12.1. The summed E-state index contributed by atoms with van der Waals surface area (Å²) in [4.78, 5) is 20.5. The average molecular weight is 362 g/mol. The summed E-state index contributed by atoms with van der Waals surface area (Å²) in [6.45, 7) is 2.43. The molecule has 1 unspecified atom stereocenters. The predicted molar refractivity (Wildman–Crippen MR) is 92.8 cm³/mol. The molecule has 26 heavy (non-hydrogen) atoms. The first-order chi connectivity index (χ1) is 12.3. The van der Waals surface area contributed by atoms with E-state index in [-0.39, 0.29) is 11.6 Å². The molecule has 1 heterocycles. The molecule has 0 aliphatic rings. The number of hydrogen-bond donors (Lipinski definition) is 2. The summed E-state index contributed by atoms with van der Waals surface area (Å²) in [7, 11) is 1.91. The summed E-state index contributed by atoms with van der Waals surface area (Å²) < 4.78 is 37.9. The average Bonchev–Trinajstić information content (AvgIpc) is 2.60. The second kappa shape index (κ2) is 6.92. The van der Waals surface area contributed by atoms with Crippen molar-refractivity contribution in [3.8, 4) is 0 Å². The van der Waals surface area contributed by atoms with E-state index in [0.717, 1.165) is 22.6 Å². The van der Waals surface area contributed by atoms with E-state index < -0.39 is 11.7 Å². The van der Waals surface area contributed by atoms with E-state index in [1.165, 1.54) is 12.1 Å². The minimum atomic E-state index is -4.33. The molecule has 0 saturated heterocycles. The zero-order valence-corrected chi connectivity index (χ0v) is 14.4. The fourth-order valence-corrected chi connectivity index (χ4v) is 2.83. The Balaban J connectivity index is 1.79. The standard InChI is InChI=1S/C19H18F3N3O/c1-12(17-23-16-6-4-3-5-15(16)18(26)24-17)25(2)11-13-7-9-14(10-8-13)19(20,21)22/h3-10,12H,11H2,1-2H3,(H,23,24,26)/p+1/t12-/m1/s1. The molecule has 1 aromatic heterocycles. The molecule has 4 nitrogen and oxygen atoms in total. The number of nitrogens with zero attached hydrogens (tertiary/aromatic N) is 1. The number of alkyl halides is 3. The first-order valence-corrected chi connectivity index (χ1v) is 8.23. The Morgan fingerprint density at radius 2 is 1.77 bits per heavy atom. The topological polar surface area (TPSA) is 50.2 Å². The van der Waals surface area contributed by atoms with E-state index in [2.05, 4.69) is 9.97 Å². The van der Waals surface area contributed by atoms with Gasteiger partial charge < -0.3 is 9.88 Å². The van der Waals surface area contributed by atoms with Crippen LogP contribution in [0, 0.1) is 0 Å². The van der Waals surface area contributed by atoms with Crippen molar-refractivity contribution in [2.24, 2.45) is 0 Å². The highest BCUT2D eigenvalue weighted by Crippen LogP contribution is 2.29. The Morgan fingerprint density at radius 3 is 2.42 bits per heavy atom. The molecule has 2 N–H and O–H groups in total. The number of rotatable bonds is 4. The largest absolute Gasteiger partial charge is 0.416 e. The fourth-order valence-electron chi connectivity index (χ4n) is 2.83. The second-order valence-corrected chi connectivity index (χ2v) is 6.41. The molecule has 0 saturated carbocycles. The van der Waals surface area contributed by atoms with Crippen molar-refractivity contribution < 1.29 is 18.1 Å². The Bertz CT molecular complexity index is 964. The SMILES string of the molecule is C[C@H](c1nc2ccccc2c(=O)[nH]1)[NH+](C)Cc1ccc(C(F)(F)F)cc1. The van der Waals surface area contributed by atoms with Crippen LogP contribution in [0.3, 0.4) is 0 Å². The van der Waals surface area contributed by atoms with E-state index in [0.29, 0.717) is 23.3 Å². The number of aromatic amines is 1. The fraction of sp³-hybridized carbons (Fsp3) is 0.263. The Labute approximate surface area is 148 Å². The Hall–Kier alpha value is -2.67. The van der Waals surface area contributed by atoms with Gasteiger partial charge in [-0.3, -0.25) is 4.79 Å². The number of nitrogens with one attached hydrogen (secondary N) is 2. The van der Waals surface area contributed by atoms with Crippen LogP contribution in [0.15, 0.2) is 53.3 Å². The zero-order valence-electron chi connectivity index (χ0n) is 14.4. The van der Waals surface area contributed by atoms with Gasteiger partial charge in [0.1, 0.15) is 12.6 Å². The molecule has 0 bridgehead atoms. The molecule has 3 rings (SSSR count). The number of para-hydroxylation sites is 1. The van der Waals surface area contributed by atoms with Gasteiger partial charge in [-0.2, -0.15) is 13.2 Å². The summed E-state index contributed by atoms with van der Waals surface area (Å²) in [6.07, 6.45) is -4.33. The summed E-state index contributed by atoms with van der Waals surface area (Å²) >= 11 is 0. The van der Waals surface area contributed by atoms with E-state index in [1.54, 1.807) is 18.2 Å². The van der Waals surface area contributed by atoms with Crippen LogP contribution >= 0.6 is 0 Å². The van der Waals surface area contributed by atoms with Gasteiger partial charge in [-0.1, -0.05) is 24.3 Å². The van der Waals surface area contributed by atoms with Gasteiger partial charge in [-0.25, -0.2) is 4.98 Å². The molecule has 0 aliphatic heterocycles. The molecule has 2 atom stereocenters. The molecule has 0 amide bonds. The van der Waals surface area contributed by atoms with Crippen molar-refractivity contribution in [2.45, 2.75) is 25.7 Å². The van der Waals surface area contributed by atoms with Gasteiger partial charge in [0.05, 0.1) is 23.5 Å². The highest BCUT2D eigenvalue weighted by molar-refractivity contribution is 5.77. The van der Waals surface area contributed by atoms with Gasteiger partial charge in [-0.05, 0) is 31.2 Å². The van der Waals surface area contributed by atoms with E-state index in [4.69, 9.17) is 0 Å². The summed E-state index contributed by atoms with van der Waals surface area (Å²) in [5.74, 6) is 0.554. The van der Waals surface area contributed by atoms with Gasteiger partial charge in [0.15, 0.2) is 5.82 Å². The number of H-pyrrole nitrogens is 1. The lowest BCUT2D eigenvalue weighted by Crippen LogP contribution is -3.07. The van der Waals surface area contributed by atoms with Crippen molar-refractivity contribution in [1.82, 2.24) is 9.97 Å². The van der Waals surface area contributed by atoms with Crippen LogP contribution in [-0.2, 0) is 12.7 Å². The number of quaternary nitrogens is 1. The maximum atomic E-state index is 12.6. The Morgan fingerprint density at radius 1 is 1.12 bits per heavy atom. The molecule has 2 aromatic carbocycles. The highest BCUT2D eigenvalue weighted by atomic mass is 19.4. The van der Waals surface area contributed by atoms with Crippen molar-refractivity contribution in [2.75, 3.05) is 7.05 Å². The van der Waals surface area contributed by atoms with Crippen molar-refractivity contribution >= 4 is 10.9 Å². The number of hydrogen-bond acceptors (Lipinski definition) is 2. The van der Waals surface area contributed by atoms with E-state index in [9.17, 15) is 18.0 Å². The second-order valence-electron chi connectivity index (χ2n) is 6.41. The number of fused-ring (bicyclic) bond motifs is 1. The highest BCUT2D eigenvalue weighted by Gasteiger charge is 2.30. The third-order valence-corrected chi connectivity index (χ3v) is 4.54.